The second-order valence-corrected chi connectivity index (χ2v) is 9.96. The van der Waals surface area contributed by atoms with E-state index in [1.54, 1.807) is 23.5 Å². The highest BCUT2D eigenvalue weighted by Gasteiger charge is 2.48. The van der Waals surface area contributed by atoms with Crippen molar-refractivity contribution in [2.24, 2.45) is 5.41 Å². The smallest absolute Gasteiger partial charge is 0.243 e. The summed E-state index contributed by atoms with van der Waals surface area (Å²) in [5, 5.41) is 0. The Morgan fingerprint density at radius 3 is 2.58 bits per heavy atom. The van der Waals surface area contributed by atoms with Crippen molar-refractivity contribution in [2.45, 2.75) is 75.7 Å². The number of benzene rings is 1. The number of ether oxygens (including phenoxy) is 1. The summed E-state index contributed by atoms with van der Waals surface area (Å²) < 4.78 is 33.8. The number of hydrogen-bond donors (Lipinski definition) is 0. The standard InChI is InChI=1S/C21H33NO3S/c1-3-4-5-8-18-10-12-19(13-11-18)26(23,24)22-16-7-15-21(17-22)14-6-9-20(21)25-2/h10-13,20H,3-9,14-17H2,1-2H3/t20-,21-/m1/s1. The average molecular weight is 380 g/mol. The molecule has 4 nitrogen and oxygen atoms in total. The molecule has 0 amide bonds. The molecule has 0 radical (unpaired) electrons. The SMILES string of the molecule is CCCCCc1ccc(S(=O)(=O)N2CCC[C@]3(CCC[C@H]3OC)C2)cc1. The van der Waals surface area contributed by atoms with Crippen molar-refractivity contribution < 1.29 is 13.2 Å². The van der Waals surface area contributed by atoms with Crippen LogP contribution >= 0.6 is 0 Å². The second-order valence-electron chi connectivity index (χ2n) is 8.02. The van der Waals surface area contributed by atoms with Crippen LogP contribution in [0.25, 0.3) is 0 Å². The molecule has 26 heavy (non-hydrogen) atoms. The van der Waals surface area contributed by atoms with E-state index in [0.717, 1.165) is 44.9 Å². The van der Waals surface area contributed by atoms with E-state index in [2.05, 4.69) is 6.92 Å². The molecule has 0 unspecified atom stereocenters. The Balaban J connectivity index is 1.73. The topological polar surface area (TPSA) is 46.6 Å². The predicted molar refractivity (Wildman–Crippen MR) is 105 cm³/mol. The summed E-state index contributed by atoms with van der Waals surface area (Å²) in [5.41, 5.74) is 1.24. The normalized spacial score (nSPS) is 27.2. The number of hydrogen-bond acceptors (Lipinski definition) is 3. The van der Waals surface area contributed by atoms with Crippen molar-refractivity contribution >= 4 is 10.0 Å². The molecule has 1 aliphatic carbocycles. The molecule has 1 aromatic carbocycles. The zero-order valence-corrected chi connectivity index (χ0v) is 17.1. The van der Waals surface area contributed by atoms with Crippen LogP contribution in [0.1, 0.15) is 63.9 Å². The third-order valence-electron chi connectivity index (χ3n) is 6.31. The first-order valence-electron chi connectivity index (χ1n) is 10.1. The van der Waals surface area contributed by atoms with Crippen molar-refractivity contribution in [2.75, 3.05) is 20.2 Å². The molecule has 0 N–H and O–H groups in total. The van der Waals surface area contributed by atoms with Gasteiger partial charge in [0.1, 0.15) is 0 Å². The van der Waals surface area contributed by atoms with E-state index in [9.17, 15) is 8.42 Å². The largest absolute Gasteiger partial charge is 0.381 e. The monoisotopic (exact) mass is 379 g/mol. The van der Waals surface area contributed by atoms with Gasteiger partial charge in [0, 0.05) is 25.6 Å². The van der Waals surface area contributed by atoms with Gasteiger partial charge in [0.25, 0.3) is 0 Å². The molecular weight excluding hydrogens is 346 g/mol. The fourth-order valence-corrected chi connectivity index (χ4v) is 6.39. The molecule has 3 rings (SSSR count). The van der Waals surface area contributed by atoms with E-state index in [1.807, 2.05) is 12.1 Å². The highest BCUT2D eigenvalue weighted by molar-refractivity contribution is 7.89. The van der Waals surface area contributed by atoms with E-state index in [4.69, 9.17) is 4.74 Å². The van der Waals surface area contributed by atoms with Gasteiger partial charge in [0.15, 0.2) is 0 Å². The number of nitrogens with zero attached hydrogens (tertiary/aromatic N) is 1. The molecule has 1 heterocycles. The Labute approximate surface area is 159 Å². The molecule has 2 fully saturated rings. The fourth-order valence-electron chi connectivity index (χ4n) is 4.82. The Morgan fingerprint density at radius 2 is 1.88 bits per heavy atom. The lowest BCUT2D eigenvalue weighted by Crippen LogP contribution is -2.49. The molecule has 1 aromatic rings. The summed E-state index contributed by atoms with van der Waals surface area (Å²) in [7, 11) is -1.65. The third-order valence-corrected chi connectivity index (χ3v) is 8.17. The van der Waals surface area contributed by atoms with Crippen LogP contribution in [0.4, 0.5) is 0 Å². The molecule has 2 atom stereocenters. The minimum absolute atomic E-state index is 0.0141. The van der Waals surface area contributed by atoms with Gasteiger partial charge in [-0.3, -0.25) is 0 Å². The van der Waals surface area contributed by atoms with Crippen LogP contribution < -0.4 is 0 Å². The molecule has 2 aliphatic rings. The number of methoxy groups -OCH3 is 1. The first-order valence-corrected chi connectivity index (χ1v) is 11.6. The maximum atomic E-state index is 13.2. The molecule has 1 aliphatic heterocycles. The van der Waals surface area contributed by atoms with Gasteiger partial charge >= 0.3 is 0 Å². The van der Waals surface area contributed by atoms with Gasteiger partial charge < -0.3 is 4.74 Å². The van der Waals surface area contributed by atoms with Gasteiger partial charge in [-0.1, -0.05) is 38.3 Å². The first kappa shape index (κ1) is 19.8. The number of unbranched alkanes of at least 4 members (excludes halogenated alkanes) is 2. The van der Waals surface area contributed by atoms with Crippen LogP contribution in [-0.4, -0.2) is 39.0 Å². The summed E-state index contributed by atoms with van der Waals surface area (Å²) in [6, 6.07) is 7.55. The van der Waals surface area contributed by atoms with Crippen molar-refractivity contribution in [3.8, 4) is 0 Å². The summed E-state index contributed by atoms with van der Waals surface area (Å²) in [6.45, 7) is 3.42. The number of piperidine rings is 1. The van der Waals surface area contributed by atoms with E-state index in [-0.39, 0.29) is 11.5 Å². The van der Waals surface area contributed by atoms with Gasteiger partial charge in [-0.15, -0.1) is 0 Å². The lowest BCUT2D eigenvalue weighted by Gasteiger charge is -2.43. The second kappa shape index (κ2) is 8.41. The highest BCUT2D eigenvalue weighted by Crippen LogP contribution is 2.47. The third kappa shape index (κ3) is 4.00. The Kier molecular flexibility index (Phi) is 6.41. The van der Waals surface area contributed by atoms with Crippen molar-refractivity contribution in [3.63, 3.8) is 0 Å². The van der Waals surface area contributed by atoms with Crippen LogP contribution in [0.5, 0.6) is 0 Å². The van der Waals surface area contributed by atoms with Crippen LogP contribution in [0, 0.1) is 5.41 Å². The minimum Gasteiger partial charge on any atom is -0.381 e. The van der Waals surface area contributed by atoms with Crippen molar-refractivity contribution in [1.29, 1.82) is 0 Å². The molecule has 5 heteroatoms. The van der Waals surface area contributed by atoms with Crippen LogP contribution in [0.2, 0.25) is 0 Å². The van der Waals surface area contributed by atoms with E-state index >= 15 is 0 Å². The molecular formula is C21H33NO3S. The Hall–Kier alpha value is -0.910. The lowest BCUT2D eigenvalue weighted by atomic mass is 9.77. The van der Waals surface area contributed by atoms with Gasteiger partial charge in [-0.05, 0) is 56.2 Å². The lowest BCUT2D eigenvalue weighted by molar-refractivity contribution is -0.0184. The average Bonchev–Trinajstić information content (AvgIpc) is 3.04. The van der Waals surface area contributed by atoms with Gasteiger partial charge in [-0.25, -0.2) is 8.42 Å². The number of aryl methyl sites for hydroxylation is 1. The molecule has 0 bridgehead atoms. The molecule has 1 saturated heterocycles. The molecule has 0 aromatic heterocycles. The van der Waals surface area contributed by atoms with Crippen molar-refractivity contribution in [1.82, 2.24) is 4.31 Å². The number of rotatable bonds is 7. The van der Waals surface area contributed by atoms with Gasteiger partial charge in [0.05, 0.1) is 11.0 Å². The molecule has 1 spiro atoms. The van der Waals surface area contributed by atoms with Crippen molar-refractivity contribution in [3.05, 3.63) is 29.8 Å². The zero-order valence-electron chi connectivity index (χ0n) is 16.2. The number of sulfonamides is 1. The molecule has 1 saturated carbocycles. The highest BCUT2D eigenvalue weighted by atomic mass is 32.2. The molecule has 146 valence electrons. The fraction of sp³-hybridized carbons (Fsp3) is 0.714. The Bertz CT molecular complexity index is 686. The van der Waals surface area contributed by atoms with Crippen LogP contribution in [0.15, 0.2) is 29.2 Å². The first-order chi connectivity index (χ1) is 12.5. The van der Waals surface area contributed by atoms with Crippen LogP contribution in [0.3, 0.4) is 0 Å². The maximum absolute atomic E-state index is 13.2. The summed E-state index contributed by atoms with van der Waals surface area (Å²) in [4.78, 5) is 0.431. The van der Waals surface area contributed by atoms with Crippen LogP contribution in [-0.2, 0) is 21.2 Å². The zero-order chi connectivity index (χ0) is 18.6. The van der Waals surface area contributed by atoms with E-state index < -0.39 is 10.0 Å². The van der Waals surface area contributed by atoms with E-state index in [1.165, 1.54) is 18.4 Å². The Morgan fingerprint density at radius 1 is 1.15 bits per heavy atom. The summed E-state index contributed by atoms with van der Waals surface area (Å²) >= 11 is 0. The predicted octanol–water partition coefficient (Wildman–Crippen LogP) is 4.39. The minimum atomic E-state index is -3.42. The summed E-state index contributed by atoms with van der Waals surface area (Å²) in [5.74, 6) is 0. The van der Waals surface area contributed by atoms with Gasteiger partial charge in [0.2, 0.25) is 10.0 Å². The van der Waals surface area contributed by atoms with Gasteiger partial charge in [-0.2, -0.15) is 4.31 Å². The quantitative estimate of drug-likeness (QED) is 0.660. The maximum Gasteiger partial charge on any atom is 0.243 e. The van der Waals surface area contributed by atoms with E-state index in [0.29, 0.717) is 18.0 Å². The summed E-state index contributed by atoms with van der Waals surface area (Å²) in [6.07, 6.45) is 10.1.